The summed E-state index contributed by atoms with van der Waals surface area (Å²) in [7, 11) is 0. The second-order valence-corrected chi connectivity index (χ2v) is 8.74. The number of benzene rings is 3. The highest BCUT2D eigenvalue weighted by Crippen LogP contribution is 2.29. The zero-order chi connectivity index (χ0) is 24.9. The van der Waals surface area contributed by atoms with E-state index >= 15 is 0 Å². The van der Waals surface area contributed by atoms with Crippen LogP contribution in [0.2, 0.25) is 0 Å². The predicted octanol–water partition coefficient (Wildman–Crippen LogP) is 6.15. The van der Waals surface area contributed by atoms with Gasteiger partial charge >= 0.3 is 0 Å². The molecular weight excluding hydrogens is 480 g/mol. The Balaban J connectivity index is 1.33. The second kappa shape index (κ2) is 10.5. The SMILES string of the molecule is O=C(Nc1ccc(F)cc1)c1ccc(CSc2nnc(-c3ccncc3)n2-c2ccc(F)cc2)cc1. The van der Waals surface area contributed by atoms with Gasteiger partial charge in [0.25, 0.3) is 5.91 Å². The number of amides is 1. The van der Waals surface area contributed by atoms with Gasteiger partial charge < -0.3 is 5.32 Å². The number of thioether (sulfide) groups is 1. The summed E-state index contributed by atoms with van der Waals surface area (Å²) < 4.78 is 28.5. The van der Waals surface area contributed by atoms with Gasteiger partial charge in [-0.1, -0.05) is 23.9 Å². The molecule has 0 unspecified atom stereocenters. The van der Waals surface area contributed by atoms with E-state index < -0.39 is 0 Å². The number of anilines is 1. The van der Waals surface area contributed by atoms with Crippen molar-refractivity contribution in [2.75, 3.05) is 5.32 Å². The summed E-state index contributed by atoms with van der Waals surface area (Å²) in [6, 6.07) is 22.7. The standard InChI is InChI=1S/C27H19F2N5OS/c28-21-5-9-23(10-6-21)31-26(35)20-3-1-18(2-4-20)17-36-27-33-32-25(19-13-15-30-16-14-19)34(27)24-11-7-22(29)8-12-24/h1-16H,17H2,(H,31,35). The van der Waals surface area contributed by atoms with E-state index in [1.165, 1.54) is 48.2 Å². The maximum Gasteiger partial charge on any atom is 0.255 e. The number of halogens is 2. The van der Waals surface area contributed by atoms with E-state index in [-0.39, 0.29) is 17.5 Å². The Morgan fingerprint density at radius 2 is 1.44 bits per heavy atom. The van der Waals surface area contributed by atoms with Crippen molar-refractivity contribution >= 4 is 23.4 Å². The normalized spacial score (nSPS) is 10.8. The fraction of sp³-hybridized carbons (Fsp3) is 0.0370. The molecule has 1 N–H and O–H groups in total. The molecule has 0 fully saturated rings. The molecule has 0 spiro atoms. The highest BCUT2D eigenvalue weighted by atomic mass is 32.2. The third-order valence-electron chi connectivity index (χ3n) is 5.34. The largest absolute Gasteiger partial charge is 0.322 e. The number of hydrogen-bond donors (Lipinski definition) is 1. The highest BCUT2D eigenvalue weighted by molar-refractivity contribution is 7.98. The molecule has 0 aliphatic heterocycles. The molecule has 0 aliphatic carbocycles. The number of nitrogens with zero attached hydrogens (tertiary/aromatic N) is 4. The van der Waals surface area contributed by atoms with E-state index in [0.717, 1.165) is 16.8 Å². The lowest BCUT2D eigenvalue weighted by molar-refractivity contribution is 0.102. The Hall–Kier alpha value is -4.37. The number of pyridine rings is 1. The summed E-state index contributed by atoms with van der Waals surface area (Å²) in [5, 5.41) is 12.1. The molecule has 178 valence electrons. The zero-order valence-corrected chi connectivity index (χ0v) is 19.6. The van der Waals surface area contributed by atoms with E-state index in [4.69, 9.17) is 0 Å². The lowest BCUT2D eigenvalue weighted by Gasteiger charge is -2.10. The topological polar surface area (TPSA) is 72.7 Å². The van der Waals surface area contributed by atoms with Gasteiger partial charge in [-0.3, -0.25) is 14.3 Å². The minimum Gasteiger partial charge on any atom is -0.322 e. The molecule has 0 atom stereocenters. The van der Waals surface area contributed by atoms with Crippen molar-refractivity contribution in [3.63, 3.8) is 0 Å². The summed E-state index contributed by atoms with van der Waals surface area (Å²) in [5.74, 6) is 0.237. The molecule has 9 heteroatoms. The van der Waals surface area contributed by atoms with Gasteiger partial charge in [0.1, 0.15) is 11.6 Å². The Morgan fingerprint density at radius 3 is 2.11 bits per heavy atom. The number of carbonyl (C=O) groups is 1. The molecule has 0 saturated heterocycles. The maximum absolute atomic E-state index is 13.6. The van der Waals surface area contributed by atoms with Crippen LogP contribution in [-0.2, 0) is 5.75 Å². The van der Waals surface area contributed by atoms with E-state index in [1.54, 1.807) is 36.7 Å². The first kappa shape index (κ1) is 23.4. The fourth-order valence-corrected chi connectivity index (χ4v) is 4.42. The van der Waals surface area contributed by atoms with Gasteiger partial charge in [0.2, 0.25) is 0 Å². The summed E-state index contributed by atoms with van der Waals surface area (Å²) in [4.78, 5) is 16.5. The molecule has 2 aromatic heterocycles. The molecule has 3 aromatic carbocycles. The third kappa shape index (κ3) is 5.31. The minimum absolute atomic E-state index is 0.279. The third-order valence-corrected chi connectivity index (χ3v) is 6.34. The van der Waals surface area contributed by atoms with Crippen LogP contribution in [0.3, 0.4) is 0 Å². The molecule has 5 aromatic rings. The highest BCUT2D eigenvalue weighted by Gasteiger charge is 2.16. The van der Waals surface area contributed by atoms with Crippen LogP contribution in [0.1, 0.15) is 15.9 Å². The zero-order valence-electron chi connectivity index (χ0n) is 18.8. The van der Waals surface area contributed by atoms with Crippen LogP contribution in [-0.4, -0.2) is 25.7 Å². The van der Waals surface area contributed by atoms with Crippen LogP contribution in [0.5, 0.6) is 0 Å². The van der Waals surface area contributed by atoms with Crippen LogP contribution >= 0.6 is 11.8 Å². The van der Waals surface area contributed by atoms with Crippen molar-refractivity contribution in [2.24, 2.45) is 0 Å². The number of nitrogens with one attached hydrogen (secondary N) is 1. The molecule has 6 nitrogen and oxygen atoms in total. The van der Waals surface area contributed by atoms with Crippen LogP contribution < -0.4 is 5.32 Å². The van der Waals surface area contributed by atoms with Gasteiger partial charge in [-0.15, -0.1) is 10.2 Å². The molecule has 0 aliphatic rings. The smallest absolute Gasteiger partial charge is 0.255 e. The van der Waals surface area contributed by atoms with Crippen molar-refractivity contribution < 1.29 is 13.6 Å². The van der Waals surface area contributed by atoms with Crippen molar-refractivity contribution in [3.8, 4) is 17.1 Å². The fourth-order valence-electron chi connectivity index (χ4n) is 3.51. The Labute approximate surface area is 210 Å². The van der Waals surface area contributed by atoms with Crippen LogP contribution in [0.25, 0.3) is 17.1 Å². The monoisotopic (exact) mass is 499 g/mol. The van der Waals surface area contributed by atoms with Crippen LogP contribution in [0.15, 0.2) is 102 Å². The average molecular weight is 500 g/mol. The Bertz CT molecular complexity index is 1470. The average Bonchev–Trinajstić information content (AvgIpc) is 3.34. The number of hydrogen-bond acceptors (Lipinski definition) is 5. The van der Waals surface area contributed by atoms with Crippen LogP contribution in [0.4, 0.5) is 14.5 Å². The number of rotatable bonds is 7. The van der Waals surface area contributed by atoms with E-state index in [9.17, 15) is 13.6 Å². The first-order valence-electron chi connectivity index (χ1n) is 11.0. The molecule has 1 amide bonds. The van der Waals surface area contributed by atoms with Crippen LogP contribution in [0, 0.1) is 11.6 Å². The van der Waals surface area contributed by atoms with Gasteiger partial charge in [-0.25, -0.2) is 8.78 Å². The van der Waals surface area contributed by atoms with Gasteiger partial charge in [0.15, 0.2) is 11.0 Å². The quantitative estimate of drug-likeness (QED) is 0.272. The van der Waals surface area contributed by atoms with Gasteiger partial charge in [0, 0.05) is 40.6 Å². The molecule has 0 radical (unpaired) electrons. The molecule has 36 heavy (non-hydrogen) atoms. The van der Waals surface area contributed by atoms with Gasteiger partial charge in [0.05, 0.1) is 0 Å². The maximum atomic E-state index is 13.6. The second-order valence-electron chi connectivity index (χ2n) is 7.80. The lowest BCUT2D eigenvalue weighted by atomic mass is 10.1. The predicted molar refractivity (Wildman–Crippen MR) is 135 cm³/mol. The Kier molecular flexibility index (Phi) is 6.81. The Morgan fingerprint density at radius 1 is 0.806 bits per heavy atom. The van der Waals surface area contributed by atoms with Crippen molar-refractivity contribution in [3.05, 3.63) is 120 Å². The first-order valence-corrected chi connectivity index (χ1v) is 12.0. The first-order chi connectivity index (χ1) is 17.6. The van der Waals surface area contributed by atoms with Crippen molar-refractivity contribution in [2.45, 2.75) is 10.9 Å². The summed E-state index contributed by atoms with van der Waals surface area (Å²) in [5.41, 5.74) is 3.57. The molecule has 0 saturated carbocycles. The molecule has 2 heterocycles. The lowest BCUT2D eigenvalue weighted by Crippen LogP contribution is -2.11. The molecule has 0 bridgehead atoms. The summed E-state index contributed by atoms with van der Waals surface area (Å²) in [6.07, 6.45) is 3.36. The summed E-state index contributed by atoms with van der Waals surface area (Å²) in [6.45, 7) is 0. The summed E-state index contributed by atoms with van der Waals surface area (Å²) >= 11 is 1.48. The minimum atomic E-state index is -0.363. The van der Waals surface area contributed by atoms with Crippen molar-refractivity contribution in [1.29, 1.82) is 0 Å². The molecule has 5 rings (SSSR count). The number of carbonyl (C=O) groups excluding carboxylic acids is 1. The van der Waals surface area contributed by atoms with Crippen molar-refractivity contribution in [1.82, 2.24) is 19.7 Å². The van der Waals surface area contributed by atoms with E-state index in [1.807, 2.05) is 28.8 Å². The van der Waals surface area contributed by atoms with Gasteiger partial charge in [-0.05, 0) is 78.4 Å². The van der Waals surface area contributed by atoms with E-state index in [0.29, 0.717) is 28.0 Å². The number of aromatic nitrogens is 4. The van der Waals surface area contributed by atoms with Gasteiger partial charge in [-0.2, -0.15) is 0 Å². The molecular formula is C27H19F2N5OS. The van der Waals surface area contributed by atoms with E-state index in [2.05, 4.69) is 20.5 Å².